The Hall–Kier alpha value is -2.83. The van der Waals surface area contributed by atoms with Crippen LogP contribution in [0.4, 0.5) is 27.3 Å². The van der Waals surface area contributed by atoms with Gasteiger partial charge in [0.2, 0.25) is 6.41 Å². The number of anilines is 4. The fraction of sp³-hybridized carbons (Fsp3) is 0.500. The number of nitrogens with one attached hydrogen (secondary N) is 1. The molecule has 1 aromatic carbocycles. The minimum absolute atomic E-state index is 0. The van der Waals surface area contributed by atoms with Crippen molar-refractivity contribution in [1.29, 1.82) is 0 Å². The highest BCUT2D eigenvalue weighted by Crippen LogP contribution is 2.37. The van der Waals surface area contributed by atoms with Crippen LogP contribution in [-0.2, 0) is 4.79 Å². The van der Waals surface area contributed by atoms with Gasteiger partial charge in [0, 0.05) is 51.2 Å². The topological polar surface area (TPSA) is 51.7 Å². The van der Waals surface area contributed by atoms with Crippen LogP contribution in [0.25, 0.3) is 0 Å². The minimum Gasteiger partial charge on any atom is -0.371 e. The van der Waals surface area contributed by atoms with E-state index in [1.165, 1.54) is 24.9 Å². The van der Waals surface area contributed by atoms with Crippen molar-refractivity contribution in [3.63, 3.8) is 0 Å². The summed E-state index contributed by atoms with van der Waals surface area (Å²) >= 11 is 0. The van der Waals surface area contributed by atoms with Crippen molar-refractivity contribution in [3.05, 3.63) is 42.3 Å². The molecule has 2 atom stereocenters. The number of fused-ring (bicyclic) bond motifs is 1. The zero-order chi connectivity index (χ0) is 21.2. The normalized spacial score (nSPS) is 23.6. The van der Waals surface area contributed by atoms with Gasteiger partial charge in [0.25, 0.3) is 0 Å². The number of carbonyl (C=O) groups excluding carboxylic acids is 1. The van der Waals surface area contributed by atoms with E-state index in [4.69, 9.17) is 4.98 Å². The first-order valence-electron chi connectivity index (χ1n) is 11.5. The first kappa shape index (κ1) is 20.1. The lowest BCUT2D eigenvalue weighted by molar-refractivity contribution is -0.105. The van der Waals surface area contributed by atoms with E-state index in [9.17, 15) is 9.18 Å². The molecule has 4 heterocycles. The first-order valence-corrected chi connectivity index (χ1v) is 11.5. The molecular formula is C24H32FN5O. The average Bonchev–Trinajstić information content (AvgIpc) is 3.26. The lowest BCUT2D eigenvalue weighted by Crippen LogP contribution is -2.50. The molecule has 1 aromatic heterocycles. The number of carbonyl (C=O) groups is 1. The van der Waals surface area contributed by atoms with Gasteiger partial charge in [-0.15, -0.1) is 0 Å². The maximum Gasteiger partial charge on any atom is 0.211 e. The Balaban J connectivity index is 0.00000245. The molecule has 0 unspecified atom stereocenters. The van der Waals surface area contributed by atoms with Crippen molar-refractivity contribution in [2.75, 3.05) is 46.2 Å². The lowest BCUT2D eigenvalue weighted by atomic mass is 9.96. The van der Waals surface area contributed by atoms with Crippen LogP contribution < -0.4 is 20.0 Å². The predicted molar refractivity (Wildman–Crippen MR) is 125 cm³/mol. The Morgan fingerprint density at radius 3 is 2.58 bits per heavy atom. The van der Waals surface area contributed by atoms with E-state index >= 15 is 0 Å². The zero-order valence-corrected chi connectivity index (χ0v) is 17.8. The second-order valence-electron chi connectivity index (χ2n) is 8.80. The molecule has 7 heteroatoms. The summed E-state index contributed by atoms with van der Waals surface area (Å²) in [6, 6.07) is 10.2. The van der Waals surface area contributed by atoms with E-state index in [2.05, 4.69) is 32.1 Å². The lowest BCUT2D eigenvalue weighted by Gasteiger charge is -2.41. The summed E-state index contributed by atoms with van der Waals surface area (Å²) in [5, 5.41) is 2.42. The van der Waals surface area contributed by atoms with E-state index in [-0.39, 0.29) is 7.11 Å². The number of rotatable bonds is 5. The van der Waals surface area contributed by atoms with Crippen LogP contribution in [0.3, 0.4) is 0 Å². The predicted octanol–water partition coefficient (Wildman–Crippen LogP) is 4.27. The van der Waals surface area contributed by atoms with Gasteiger partial charge in [-0.25, -0.2) is 9.37 Å². The Labute approximate surface area is 184 Å². The van der Waals surface area contributed by atoms with Crippen LogP contribution in [0.1, 0.15) is 40.0 Å². The van der Waals surface area contributed by atoms with Gasteiger partial charge in [-0.1, -0.05) is 0 Å². The summed E-state index contributed by atoms with van der Waals surface area (Å²) in [4.78, 5) is 22.7. The molecule has 0 spiro atoms. The highest BCUT2D eigenvalue weighted by molar-refractivity contribution is 5.73. The molecule has 0 bridgehead atoms. The molecular weight excluding hydrogens is 393 g/mol. The average molecular weight is 426 g/mol. The standard InChI is InChI=1S/C24H30FN5O.H2/c25-20-15-19(6-7-21(20)27-17-31)29-13-4-5-22-23(29)9-14-30(22)24-16-18(8-10-26-24)28-11-2-1-3-12-28;/h6-8,10,15-17,22-23H,1-5,9,11-14H2,(H,27,31);1H/t22-,23-;/m0./s1. The van der Waals surface area contributed by atoms with Crippen molar-refractivity contribution >= 4 is 29.3 Å². The second kappa shape index (κ2) is 8.73. The summed E-state index contributed by atoms with van der Waals surface area (Å²) < 4.78 is 14.4. The van der Waals surface area contributed by atoms with Crippen molar-refractivity contribution in [2.24, 2.45) is 0 Å². The molecule has 1 amide bonds. The van der Waals surface area contributed by atoms with E-state index < -0.39 is 5.82 Å². The number of halogens is 1. The first-order chi connectivity index (χ1) is 15.2. The zero-order valence-electron chi connectivity index (χ0n) is 17.8. The molecule has 3 aliphatic rings. The van der Waals surface area contributed by atoms with Crippen LogP contribution in [0.15, 0.2) is 36.5 Å². The fourth-order valence-corrected chi connectivity index (χ4v) is 5.57. The van der Waals surface area contributed by atoms with E-state index in [0.29, 0.717) is 18.5 Å². The third-order valence-corrected chi connectivity index (χ3v) is 7.05. The second-order valence-corrected chi connectivity index (χ2v) is 8.80. The summed E-state index contributed by atoms with van der Waals surface area (Å²) in [7, 11) is 0. The van der Waals surface area contributed by atoms with Crippen molar-refractivity contribution in [3.8, 4) is 0 Å². The minimum atomic E-state index is -0.391. The molecule has 0 aliphatic carbocycles. The van der Waals surface area contributed by atoms with Crippen molar-refractivity contribution in [1.82, 2.24) is 4.98 Å². The van der Waals surface area contributed by atoms with Gasteiger partial charge in [-0.2, -0.15) is 0 Å². The number of aromatic nitrogens is 1. The Kier molecular flexibility index (Phi) is 5.66. The molecule has 31 heavy (non-hydrogen) atoms. The molecule has 6 nitrogen and oxygen atoms in total. The third kappa shape index (κ3) is 3.93. The maximum atomic E-state index is 14.4. The molecule has 5 rings (SSSR count). The number of nitrogens with zero attached hydrogens (tertiary/aromatic N) is 4. The van der Waals surface area contributed by atoms with Gasteiger partial charge >= 0.3 is 0 Å². The van der Waals surface area contributed by atoms with Crippen LogP contribution in [0.5, 0.6) is 0 Å². The number of piperidine rings is 2. The fourth-order valence-electron chi connectivity index (χ4n) is 5.57. The van der Waals surface area contributed by atoms with E-state index in [1.54, 1.807) is 12.1 Å². The molecule has 0 radical (unpaired) electrons. The van der Waals surface area contributed by atoms with Gasteiger partial charge in [0.1, 0.15) is 11.6 Å². The summed E-state index contributed by atoms with van der Waals surface area (Å²) in [5.41, 5.74) is 2.39. The Bertz CT molecular complexity index is 938. The number of hydrogen-bond donors (Lipinski definition) is 1. The van der Waals surface area contributed by atoms with Gasteiger partial charge in [0.15, 0.2) is 0 Å². The van der Waals surface area contributed by atoms with Crippen LogP contribution >= 0.6 is 0 Å². The Morgan fingerprint density at radius 2 is 1.77 bits per heavy atom. The van der Waals surface area contributed by atoms with Gasteiger partial charge in [0.05, 0.1) is 17.8 Å². The van der Waals surface area contributed by atoms with E-state index in [1.807, 2.05) is 12.3 Å². The van der Waals surface area contributed by atoms with Gasteiger partial charge in [-0.3, -0.25) is 4.79 Å². The summed E-state index contributed by atoms with van der Waals surface area (Å²) in [6.07, 6.45) is 9.54. The summed E-state index contributed by atoms with van der Waals surface area (Å²) in [5.74, 6) is 0.673. The van der Waals surface area contributed by atoms with Crippen molar-refractivity contribution < 1.29 is 10.6 Å². The monoisotopic (exact) mass is 425 g/mol. The highest BCUT2D eigenvalue weighted by atomic mass is 19.1. The quantitative estimate of drug-likeness (QED) is 0.725. The molecule has 166 valence electrons. The number of pyridine rings is 1. The number of amides is 1. The highest BCUT2D eigenvalue weighted by Gasteiger charge is 2.41. The summed E-state index contributed by atoms with van der Waals surface area (Å²) in [6.45, 7) is 4.15. The smallest absolute Gasteiger partial charge is 0.211 e. The van der Waals surface area contributed by atoms with Crippen LogP contribution in [0, 0.1) is 5.82 Å². The number of benzene rings is 1. The molecule has 3 saturated heterocycles. The van der Waals surface area contributed by atoms with Gasteiger partial charge < -0.3 is 20.0 Å². The molecule has 3 aliphatic heterocycles. The maximum absolute atomic E-state index is 14.4. The van der Waals surface area contributed by atoms with Crippen LogP contribution in [0.2, 0.25) is 0 Å². The molecule has 2 aromatic rings. The molecule has 0 saturated carbocycles. The molecule has 1 N–H and O–H groups in total. The third-order valence-electron chi connectivity index (χ3n) is 7.05. The van der Waals surface area contributed by atoms with E-state index in [0.717, 1.165) is 56.9 Å². The Morgan fingerprint density at radius 1 is 0.935 bits per heavy atom. The van der Waals surface area contributed by atoms with Crippen LogP contribution in [-0.4, -0.2) is 49.7 Å². The SMILES string of the molecule is O=CNc1ccc(N2CCC[C@H]3[C@@H]2CCN3c2cc(N3CCCCC3)ccn2)cc1F.[HH]. The molecule has 3 fully saturated rings. The van der Waals surface area contributed by atoms with Crippen molar-refractivity contribution in [2.45, 2.75) is 50.6 Å². The van der Waals surface area contributed by atoms with Gasteiger partial charge in [-0.05, 0) is 62.8 Å². The number of hydrogen-bond acceptors (Lipinski definition) is 5. The largest absolute Gasteiger partial charge is 0.371 e.